The molecule has 8 heteroatoms. The number of nitrogens with one attached hydrogen (secondary N) is 1. The van der Waals surface area contributed by atoms with Gasteiger partial charge in [-0.1, -0.05) is 0 Å². The lowest BCUT2D eigenvalue weighted by Gasteiger charge is -2.35. The van der Waals surface area contributed by atoms with Crippen molar-refractivity contribution in [2.45, 2.75) is 25.4 Å². The van der Waals surface area contributed by atoms with E-state index in [4.69, 9.17) is 4.42 Å². The summed E-state index contributed by atoms with van der Waals surface area (Å²) in [4.78, 5) is 28.7. The van der Waals surface area contributed by atoms with Gasteiger partial charge in [-0.2, -0.15) is 5.10 Å². The number of hydrogen-bond donors (Lipinski definition) is 1. The minimum absolute atomic E-state index is 0.0341. The van der Waals surface area contributed by atoms with Crippen LogP contribution < -0.4 is 5.32 Å². The van der Waals surface area contributed by atoms with Crippen LogP contribution in [0, 0.1) is 0 Å². The molecule has 1 aliphatic rings. The van der Waals surface area contributed by atoms with Crippen molar-refractivity contribution in [3.63, 3.8) is 0 Å². The van der Waals surface area contributed by atoms with Crippen LogP contribution in [0.15, 0.2) is 35.4 Å². The van der Waals surface area contributed by atoms with Gasteiger partial charge in [0.1, 0.15) is 0 Å². The molecule has 2 aromatic heterocycles. The number of aryl methyl sites for hydroxylation is 1. The van der Waals surface area contributed by atoms with Crippen LogP contribution in [0.25, 0.3) is 0 Å². The summed E-state index contributed by atoms with van der Waals surface area (Å²) >= 11 is 0. The zero-order valence-corrected chi connectivity index (χ0v) is 15.2. The molecule has 3 heterocycles. The fourth-order valence-electron chi connectivity index (χ4n) is 3.13. The zero-order chi connectivity index (χ0) is 18.5. The fourth-order valence-corrected chi connectivity index (χ4v) is 3.13. The third-order valence-electron chi connectivity index (χ3n) is 4.70. The van der Waals surface area contributed by atoms with Crippen molar-refractivity contribution >= 4 is 11.8 Å². The summed E-state index contributed by atoms with van der Waals surface area (Å²) in [6, 6.07) is 1.43. The van der Waals surface area contributed by atoms with Crippen molar-refractivity contribution in [1.82, 2.24) is 24.9 Å². The molecule has 1 unspecified atom stereocenters. The second-order valence-corrected chi connectivity index (χ2v) is 6.70. The lowest BCUT2D eigenvalue weighted by molar-refractivity contribution is -0.138. The minimum Gasteiger partial charge on any atom is -0.472 e. The van der Waals surface area contributed by atoms with Crippen LogP contribution in [0.3, 0.4) is 0 Å². The number of aromatic nitrogens is 2. The van der Waals surface area contributed by atoms with E-state index >= 15 is 0 Å². The van der Waals surface area contributed by atoms with Crippen molar-refractivity contribution < 1.29 is 14.0 Å². The molecular weight excluding hydrogens is 334 g/mol. The Bertz CT molecular complexity index is 740. The van der Waals surface area contributed by atoms with Crippen LogP contribution in [0.5, 0.6) is 0 Å². The summed E-state index contributed by atoms with van der Waals surface area (Å²) in [6.45, 7) is 2.51. The van der Waals surface area contributed by atoms with E-state index in [0.29, 0.717) is 26.2 Å². The molecule has 1 N–H and O–H groups in total. The average Bonchev–Trinajstić information content (AvgIpc) is 3.27. The molecule has 1 atom stereocenters. The molecule has 1 aliphatic heterocycles. The molecule has 140 valence electrons. The number of rotatable bonds is 7. The summed E-state index contributed by atoms with van der Waals surface area (Å²) in [7, 11) is 3.65. The first-order valence-corrected chi connectivity index (χ1v) is 8.77. The van der Waals surface area contributed by atoms with Crippen molar-refractivity contribution in [1.29, 1.82) is 0 Å². The highest BCUT2D eigenvalue weighted by Crippen LogP contribution is 2.15. The van der Waals surface area contributed by atoms with E-state index in [-0.39, 0.29) is 18.2 Å². The third kappa shape index (κ3) is 4.51. The molecule has 1 fully saturated rings. The summed E-state index contributed by atoms with van der Waals surface area (Å²) < 4.78 is 6.85. The number of hydrogen-bond acceptors (Lipinski definition) is 5. The van der Waals surface area contributed by atoms with E-state index in [1.54, 1.807) is 35.4 Å². The summed E-state index contributed by atoms with van der Waals surface area (Å²) in [5, 5.41) is 7.00. The highest BCUT2D eigenvalue weighted by molar-refractivity contribution is 5.88. The van der Waals surface area contributed by atoms with Gasteiger partial charge in [0.05, 0.1) is 31.2 Å². The van der Waals surface area contributed by atoms with Crippen LogP contribution >= 0.6 is 0 Å². The van der Waals surface area contributed by atoms with Gasteiger partial charge < -0.3 is 14.6 Å². The SMILES string of the molecule is CN(CCc1cnn(C)c1)C(=O)CC1C(=O)NCCN1Cc1ccoc1. The molecule has 0 aliphatic carbocycles. The third-order valence-corrected chi connectivity index (χ3v) is 4.70. The summed E-state index contributed by atoms with van der Waals surface area (Å²) in [5.74, 6) is -0.123. The molecule has 2 amide bonds. The molecule has 0 spiro atoms. The average molecular weight is 359 g/mol. The van der Waals surface area contributed by atoms with Gasteiger partial charge in [0, 0.05) is 52.0 Å². The predicted molar refractivity (Wildman–Crippen MR) is 95.1 cm³/mol. The zero-order valence-electron chi connectivity index (χ0n) is 15.2. The smallest absolute Gasteiger partial charge is 0.237 e. The number of carbonyl (C=O) groups excluding carboxylic acids is 2. The van der Waals surface area contributed by atoms with E-state index in [1.165, 1.54) is 0 Å². The highest BCUT2D eigenvalue weighted by atomic mass is 16.3. The number of piperazine rings is 1. The maximum Gasteiger partial charge on any atom is 0.237 e. The minimum atomic E-state index is -0.452. The Balaban J connectivity index is 1.56. The predicted octanol–water partition coefficient (Wildman–Crippen LogP) is 0.405. The van der Waals surface area contributed by atoms with Gasteiger partial charge in [0.15, 0.2) is 0 Å². The number of nitrogens with zero attached hydrogens (tertiary/aromatic N) is 4. The van der Waals surface area contributed by atoms with E-state index in [2.05, 4.69) is 10.4 Å². The number of likely N-dealkylation sites (N-methyl/N-ethyl adjacent to an activating group) is 1. The number of carbonyl (C=O) groups is 2. The molecular formula is C18H25N5O3. The largest absolute Gasteiger partial charge is 0.472 e. The maximum atomic E-state index is 12.6. The number of amides is 2. The van der Waals surface area contributed by atoms with Gasteiger partial charge >= 0.3 is 0 Å². The first-order chi connectivity index (χ1) is 12.5. The van der Waals surface area contributed by atoms with E-state index in [0.717, 1.165) is 17.5 Å². The van der Waals surface area contributed by atoms with Gasteiger partial charge in [0.2, 0.25) is 11.8 Å². The van der Waals surface area contributed by atoms with Gasteiger partial charge in [-0.15, -0.1) is 0 Å². The number of furan rings is 1. The van der Waals surface area contributed by atoms with Crippen molar-refractivity contribution in [3.8, 4) is 0 Å². The van der Waals surface area contributed by atoms with Gasteiger partial charge in [-0.3, -0.25) is 19.2 Å². The second-order valence-electron chi connectivity index (χ2n) is 6.70. The Kier molecular flexibility index (Phi) is 5.72. The summed E-state index contributed by atoms with van der Waals surface area (Å²) in [5.41, 5.74) is 2.09. The monoisotopic (exact) mass is 359 g/mol. The molecule has 0 bridgehead atoms. The van der Waals surface area contributed by atoms with Crippen LogP contribution in [0.2, 0.25) is 0 Å². The van der Waals surface area contributed by atoms with Crippen LogP contribution in [-0.4, -0.2) is 64.1 Å². The topological polar surface area (TPSA) is 83.6 Å². The van der Waals surface area contributed by atoms with Crippen molar-refractivity contribution in [2.24, 2.45) is 7.05 Å². The van der Waals surface area contributed by atoms with E-state index in [1.807, 2.05) is 24.2 Å². The lowest BCUT2D eigenvalue weighted by Crippen LogP contribution is -2.56. The molecule has 2 aromatic rings. The normalized spacial score (nSPS) is 17.9. The van der Waals surface area contributed by atoms with Crippen molar-refractivity contribution in [3.05, 3.63) is 42.1 Å². The van der Waals surface area contributed by atoms with Gasteiger partial charge in [-0.05, 0) is 18.1 Å². The fraction of sp³-hybridized carbons (Fsp3) is 0.500. The van der Waals surface area contributed by atoms with E-state index < -0.39 is 6.04 Å². The Morgan fingerprint density at radius 1 is 1.46 bits per heavy atom. The molecule has 0 radical (unpaired) electrons. The molecule has 0 aromatic carbocycles. The standard InChI is InChI=1S/C18H25N5O3/c1-21(6-3-14-10-20-22(2)11-14)17(24)9-16-18(25)19-5-7-23(16)12-15-4-8-26-13-15/h4,8,10-11,13,16H,3,5-7,9,12H2,1-2H3,(H,19,25). The Morgan fingerprint density at radius 3 is 3.00 bits per heavy atom. The Morgan fingerprint density at radius 2 is 2.31 bits per heavy atom. The van der Waals surface area contributed by atoms with E-state index in [9.17, 15) is 9.59 Å². The first kappa shape index (κ1) is 18.2. The van der Waals surface area contributed by atoms with Gasteiger partial charge in [-0.25, -0.2) is 0 Å². The Labute approximate surface area is 152 Å². The molecule has 26 heavy (non-hydrogen) atoms. The second kappa shape index (κ2) is 8.18. The first-order valence-electron chi connectivity index (χ1n) is 8.77. The van der Waals surface area contributed by atoms with Gasteiger partial charge in [0.25, 0.3) is 0 Å². The maximum absolute atomic E-state index is 12.6. The summed E-state index contributed by atoms with van der Waals surface area (Å²) in [6.07, 6.45) is 7.95. The molecule has 3 rings (SSSR count). The molecule has 0 saturated carbocycles. The quantitative estimate of drug-likeness (QED) is 0.774. The molecule has 8 nitrogen and oxygen atoms in total. The molecule has 1 saturated heterocycles. The van der Waals surface area contributed by atoms with Crippen LogP contribution in [0.1, 0.15) is 17.5 Å². The lowest BCUT2D eigenvalue weighted by atomic mass is 10.1. The van der Waals surface area contributed by atoms with Crippen LogP contribution in [-0.2, 0) is 29.6 Å². The van der Waals surface area contributed by atoms with Crippen molar-refractivity contribution in [2.75, 3.05) is 26.7 Å². The Hall–Kier alpha value is -2.61. The highest BCUT2D eigenvalue weighted by Gasteiger charge is 2.32. The van der Waals surface area contributed by atoms with Crippen LogP contribution in [0.4, 0.5) is 0 Å².